The van der Waals surface area contributed by atoms with Crippen LogP contribution in [0.5, 0.6) is 0 Å². The van der Waals surface area contributed by atoms with Gasteiger partial charge in [-0.1, -0.05) is 13.8 Å². The smallest absolute Gasteiger partial charge is 0.212 e. The molecule has 2 heterocycles. The second-order valence-electron chi connectivity index (χ2n) is 7.16. The van der Waals surface area contributed by atoms with Gasteiger partial charge >= 0.3 is 0 Å². The number of furan rings is 1. The maximum atomic E-state index is 9.57. The third-order valence-corrected chi connectivity index (χ3v) is 5.06. The van der Waals surface area contributed by atoms with Crippen LogP contribution in [0.15, 0.2) is 53.1 Å². The predicted octanol–water partition coefficient (Wildman–Crippen LogP) is 5.38. The summed E-state index contributed by atoms with van der Waals surface area (Å²) in [7, 11) is 2.05. The third kappa shape index (κ3) is 2.46. The normalized spacial score (nSPS) is 11.4. The Morgan fingerprint density at radius 1 is 1.04 bits per heavy atom. The minimum absolute atomic E-state index is 0.280. The van der Waals surface area contributed by atoms with Crippen molar-refractivity contribution in [1.29, 1.82) is 5.26 Å². The van der Waals surface area contributed by atoms with E-state index >= 15 is 0 Å². The zero-order chi connectivity index (χ0) is 18.4. The van der Waals surface area contributed by atoms with Gasteiger partial charge in [0, 0.05) is 28.5 Å². The molecule has 0 unspecified atom stereocenters. The molecule has 0 fully saturated rings. The molecule has 0 atom stereocenters. The molecular formula is C23H21N2O+. The quantitative estimate of drug-likeness (QED) is 0.459. The Balaban J connectivity index is 2.05. The molecule has 26 heavy (non-hydrogen) atoms. The molecule has 0 bridgehead atoms. The van der Waals surface area contributed by atoms with Crippen molar-refractivity contribution >= 4 is 21.9 Å². The monoisotopic (exact) mass is 341 g/mol. The van der Waals surface area contributed by atoms with Gasteiger partial charge in [0.1, 0.15) is 18.2 Å². The first-order chi connectivity index (χ1) is 12.5. The number of aryl methyl sites for hydroxylation is 2. The summed E-state index contributed by atoms with van der Waals surface area (Å²) in [5, 5.41) is 11.6. The van der Waals surface area contributed by atoms with Gasteiger partial charge in [-0.2, -0.15) is 5.26 Å². The summed E-state index contributed by atoms with van der Waals surface area (Å²) in [4.78, 5) is 0. The number of hydrogen-bond donors (Lipinski definition) is 0. The van der Waals surface area contributed by atoms with E-state index in [4.69, 9.17) is 4.42 Å². The van der Waals surface area contributed by atoms with Crippen LogP contribution in [0.4, 0.5) is 0 Å². The second-order valence-corrected chi connectivity index (χ2v) is 7.16. The van der Waals surface area contributed by atoms with Crippen LogP contribution in [0.1, 0.15) is 36.5 Å². The molecule has 3 nitrogen and oxygen atoms in total. The number of hydrogen-bond acceptors (Lipinski definition) is 2. The Hall–Kier alpha value is -3.12. The minimum Gasteiger partial charge on any atom is -0.456 e. The van der Waals surface area contributed by atoms with Crippen LogP contribution in [-0.4, -0.2) is 0 Å². The maximum absolute atomic E-state index is 9.57. The van der Waals surface area contributed by atoms with Crippen molar-refractivity contribution in [2.75, 3.05) is 0 Å². The van der Waals surface area contributed by atoms with Crippen molar-refractivity contribution in [3.8, 4) is 17.3 Å². The second kappa shape index (κ2) is 6.00. The number of benzene rings is 2. The molecule has 4 aromatic rings. The maximum Gasteiger partial charge on any atom is 0.212 e. The standard InChI is InChI=1S/C23H21N2O/c1-14(2)17-12-23-19(10-16(17)13-24)20-11-18(15(3)9-22(20)26-23)21-7-5-6-8-25(21)4/h5-12,14H,1-4H3/q+1. The van der Waals surface area contributed by atoms with E-state index in [0.717, 1.165) is 38.8 Å². The highest BCUT2D eigenvalue weighted by Gasteiger charge is 2.18. The molecule has 2 aromatic heterocycles. The molecule has 2 aromatic carbocycles. The lowest BCUT2D eigenvalue weighted by atomic mass is 9.95. The van der Waals surface area contributed by atoms with Gasteiger partial charge in [-0.25, -0.2) is 4.57 Å². The zero-order valence-corrected chi connectivity index (χ0v) is 15.5. The fourth-order valence-electron chi connectivity index (χ4n) is 3.64. The molecule has 0 aliphatic carbocycles. The highest BCUT2D eigenvalue weighted by atomic mass is 16.3. The van der Waals surface area contributed by atoms with Crippen molar-refractivity contribution in [3.63, 3.8) is 0 Å². The SMILES string of the molecule is Cc1cc2oc3cc(C(C)C)c(C#N)cc3c2cc1-c1cccc[n+]1C. The average molecular weight is 341 g/mol. The van der Waals surface area contributed by atoms with Crippen LogP contribution in [0.25, 0.3) is 33.2 Å². The topological polar surface area (TPSA) is 40.8 Å². The molecular weight excluding hydrogens is 320 g/mol. The summed E-state index contributed by atoms with van der Waals surface area (Å²) < 4.78 is 8.25. The summed E-state index contributed by atoms with van der Waals surface area (Å²) in [6.07, 6.45) is 2.05. The predicted molar refractivity (Wildman–Crippen MR) is 104 cm³/mol. The summed E-state index contributed by atoms with van der Waals surface area (Å²) in [6.45, 7) is 6.31. The van der Waals surface area contributed by atoms with Gasteiger partial charge in [-0.05, 0) is 54.3 Å². The lowest BCUT2D eigenvalue weighted by Gasteiger charge is -2.07. The molecule has 0 amide bonds. The van der Waals surface area contributed by atoms with Crippen LogP contribution in [0.2, 0.25) is 0 Å². The van der Waals surface area contributed by atoms with E-state index in [1.807, 2.05) is 18.2 Å². The Kier molecular flexibility index (Phi) is 3.77. The molecule has 0 spiro atoms. The summed E-state index contributed by atoms with van der Waals surface area (Å²) in [6, 6.07) is 16.8. The molecule has 128 valence electrons. The van der Waals surface area contributed by atoms with Gasteiger partial charge < -0.3 is 4.42 Å². The van der Waals surface area contributed by atoms with E-state index < -0.39 is 0 Å². The Morgan fingerprint density at radius 3 is 2.46 bits per heavy atom. The van der Waals surface area contributed by atoms with Crippen LogP contribution in [0, 0.1) is 18.3 Å². The summed E-state index contributed by atoms with van der Waals surface area (Å²) in [5.74, 6) is 0.280. The number of fused-ring (bicyclic) bond motifs is 3. The summed E-state index contributed by atoms with van der Waals surface area (Å²) in [5.41, 5.74) is 6.97. The number of rotatable bonds is 2. The molecule has 0 aliphatic rings. The van der Waals surface area contributed by atoms with Gasteiger partial charge in [-0.15, -0.1) is 0 Å². The fraction of sp³-hybridized carbons (Fsp3) is 0.217. The average Bonchev–Trinajstić information content (AvgIpc) is 2.96. The number of pyridine rings is 1. The molecule has 3 heteroatoms. The first-order valence-electron chi connectivity index (χ1n) is 8.85. The Bertz CT molecular complexity index is 1190. The fourth-order valence-corrected chi connectivity index (χ4v) is 3.64. The number of nitriles is 1. The first-order valence-corrected chi connectivity index (χ1v) is 8.85. The van der Waals surface area contributed by atoms with E-state index in [9.17, 15) is 5.26 Å². The van der Waals surface area contributed by atoms with Crippen LogP contribution < -0.4 is 4.57 Å². The largest absolute Gasteiger partial charge is 0.456 e. The molecule has 0 radical (unpaired) electrons. The number of nitrogens with zero attached hydrogens (tertiary/aromatic N) is 2. The van der Waals surface area contributed by atoms with Crippen molar-refractivity contribution in [2.45, 2.75) is 26.7 Å². The highest BCUT2D eigenvalue weighted by molar-refractivity contribution is 6.07. The van der Waals surface area contributed by atoms with Gasteiger partial charge in [0.15, 0.2) is 6.20 Å². The first kappa shape index (κ1) is 16.4. The molecule has 0 saturated carbocycles. The van der Waals surface area contributed by atoms with Gasteiger partial charge in [0.2, 0.25) is 5.69 Å². The summed E-state index contributed by atoms with van der Waals surface area (Å²) >= 11 is 0. The Labute approximate surface area is 153 Å². The van der Waals surface area contributed by atoms with E-state index in [1.165, 1.54) is 11.1 Å². The van der Waals surface area contributed by atoms with Crippen molar-refractivity contribution < 1.29 is 8.98 Å². The van der Waals surface area contributed by atoms with Gasteiger partial charge in [0.25, 0.3) is 0 Å². The van der Waals surface area contributed by atoms with Crippen molar-refractivity contribution in [1.82, 2.24) is 0 Å². The van der Waals surface area contributed by atoms with Crippen LogP contribution in [-0.2, 0) is 7.05 Å². The van der Waals surface area contributed by atoms with E-state index in [0.29, 0.717) is 0 Å². The van der Waals surface area contributed by atoms with Gasteiger partial charge in [0.05, 0.1) is 11.6 Å². The molecule has 0 N–H and O–H groups in total. The molecule has 0 aliphatic heterocycles. The van der Waals surface area contributed by atoms with Crippen LogP contribution >= 0.6 is 0 Å². The van der Waals surface area contributed by atoms with Crippen molar-refractivity contribution in [2.24, 2.45) is 7.05 Å². The van der Waals surface area contributed by atoms with E-state index in [2.05, 4.69) is 68.9 Å². The lowest BCUT2D eigenvalue weighted by molar-refractivity contribution is -0.660. The molecule has 4 rings (SSSR count). The van der Waals surface area contributed by atoms with E-state index in [-0.39, 0.29) is 5.92 Å². The Morgan fingerprint density at radius 2 is 1.77 bits per heavy atom. The number of aromatic nitrogens is 1. The van der Waals surface area contributed by atoms with Crippen molar-refractivity contribution in [3.05, 3.63) is 65.4 Å². The lowest BCUT2D eigenvalue weighted by Crippen LogP contribution is -2.30. The van der Waals surface area contributed by atoms with E-state index in [1.54, 1.807) is 0 Å². The van der Waals surface area contributed by atoms with Crippen LogP contribution in [0.3, 0.4) is 0 Å². The minimum atomic E-state index is 0.280. The highest BCUT2D eigenvalue weighted by Crippen LogP contribution is 2.36. The molecule has 0 saturated heterocycles. The van der Waals surface area contributed by atoms with Gasteiger partial charge in [-0.3, -0.25) is 0 Å². The third-order valence-electron chi connectivity index (χ3n) is 5.06. The zero-order valence-electron chi connectivity index (χ0n) is 15.5.